The van der Waals surface area contributed by atoms with Gasteiger partial charge in [0, 0.05) is 4.47 Å². The van der Waals surface area contributed by atoms with E-state index in [2.05, 4.69) is 54.0 Å². The predicted molar refractivity (Wildman–Crippen MR) is 93.3 cm³/mol. The molecule has 4 fully saturated rings. The van der Waals surface area contributed by atoms with Crippen LogP contribution < -0.4 is 9.80 Å². The number of Topliss-reactive ketones (excluding diaryl/α,β-unsaturated/α-hetero) is 1. The van der Waals surface area contributed by atoms with Crippen molar-refractivity contribution in [1.82, 2.24) is 0 Å². The third-order valence-electron chi connectivity index (χ3n) is 6.42. The van der Waals surface area contributed by atoms with Crippen molar-refractivity contribution in [3.8, 4) is 0 Å². The molecule has 4 heteroatoms. The molecule has 1 aromatic rings. The van der Waals surface area contributed by atoms with Gasteiger partial charge in [-0.05, 0) is 37.6 Å². The molecule has 0 amide bonds. The van der Waals surface area contributed by atoms with E-state index in [1.807, 2.05) is 0 Å². The second-order valence-corrected chi connectivity index (χ2v) is 9.20. The molecule has 0 radical (unpaired) electrons. The summed E-state index contributed by atoms with van der Waals surface area (Å²) in [5, 5.41) is 0. The zero-order chi connectivity index (χ0) is 16.2. The van der Waals surface area contributed by atoms with Crippen LogP contribution in [0.5, 0.6) is 0 Å². The van der Waals surface area contributed by atoms with Gasteiger partial charge in [0.05, 0.1) is 18.7 Å². The van der Waals surface area contributed by atoms with Crippen molar-refractivity contribution < 1.29 is 14.6 Å². The van der Waals surface area contributed by atoms with Gasteiger partial charge in [-0.25, -0.2) is 0 Å². The van der Waals surface area contributed by atoms with E-state index in [1.165, 1.54) is 18.4 Å². The minimum absolute atomic E-state index is 0.0439. The Bertz CT molecular complexity index is 611. The highest BCUT2D eigenvalue weighted by atomic mass is 79.9. The third-order valence-corrected chi connectivity index (χ3v) is 6.95. The first-order chi connectivity index (χ1) is 11.0. The average Bonchev–Trinajstić information content (AvgIpc) is 2.51. The molecule has 4 saturated heterocycles. The molecule has 4 aliphatic heterocycles. The van der Waals surface area contributed by atoms with Crippen LogP contribution >= 0.6 is 15.9 Å². The molecular formula is C19H27BrN2O+2. The number of benzene rings is 1. The number of carbonyl (C=O) groups excluding carboxylic acids is 1. The number of unbranched alkanes of at least 4 members (excludes halogenated alkanes) is 1. The standard InChI is InChI=1S/C19H25BrN2O/c1-3-4-9-19-12-21-10-18(2,17(19)23)11-22(13-19)16(21)14-5-7-15(20)8-6-14/h5-8,16H,3-4,9-13H2,1-2H3/p+2. The molecule has 4 heterocycles. The van der Waals surface area contributed by atoms with Gasteiger partial charge in [0.2, 0.25) is 6.17 Å². The summed E-state index contributed by atoms with van der Waals surface area (Å²) in [6.45, 7) is 8.59. The van der Waals surface area contributed by atoms with Gasteiger partial charge in [0.15, 0.2) is 5.78 Å². The smallest absolute Gasteiger partial charge is 0.240 e. The Morgan fingerprint density at radius 2 is 1.74 bits per heavy atom. The van der Waals surface area contributed by atoms with E-state index in [-0.39, 0.29) is 10.8 Å². The maximum absolute atomic E-state index is 13.2. The topological polar surface area (TPSA) is 26.0 Å². The monoisotopic (exact) mass is 378 g/mol. The fraction of sp³-hybridized carbons (Fsp3) is 0.632. The largest absolute Gasteiger partial charge is 0.297 e. The summed E-state index contributed by atoms with van der Waals surface area (Å²) in [6.07, 6.45) is 3.98. The third kappa shape index (κ3) is 2.33. The van der Waals surface area contributed by atoms with Crippen molar-refractivity contribution in [3.63, 3.8) is 0 Å². The lowest BCUT2D eigenvalue weighted by atomic mass is 9.59. The van der Waals surface area contributed by atoms with Crippen LogP contribution in [0, 0.1) is 10.8 Å². The molecule has 4 aliphatic rings. The normalized spacial score (nSPS) is 41.5. The Balaban J connectivity index is 1.68. The molecule has 5 rings (SSSR count). The number of carbonyl (C=O) groups is 1. The first kappa shape index (κ1) is 15.8. The van der Waals surface area contributed by atoms with Crippen molar-refractivity contribution in [2.75, 3.05) is 26.2 Å². The van der Waals surface area contributed by atoms with Crippen LogP contribution in [0.1, 0.15) is 44.8 Å². The first-order valence-electron chi connectivity index (χ1n) is 8.97. The second-order valence-electron chi connectivity index (χ2n) is 8.28. The van der Waals surface area contributed by atoms with Crippen molar-refractivity contribution in [2.24, 2.45) is 10.8 Å². The van der Waals surface area contributed by atoms with Gasteiger partial charge in [-0.3, -0.25) is 14.6 Å². The lowest BCUT2D eigenvalue weighted by Gasteiger charge is -2.59. The van der Waals surface area contributed by atoms with Gasteiger partial charge >= 0.3 is 0 Å². The molecule has 0 aliphatic carbocycles. The molecule has 124 valence electrons. The second kappa shape index (κ2) is 5.40. The molecular weight excluding hydrogens is 352 g/mol. The lowest BCUT2D eigenvalue weighted by molar-refractivity contribution is -1.18. The van der Waals surface area contributed by atoms with Crippen molar-refractivity contribution in [2.45, 2.75) is 39.3 Å². The number of rotatable bonds is 4. The van der Waals surface area contributed by atoms with Crippen LogP contribution in [-0.4, -0.2) is 32.0 Å². The Hall–Kier alpha value is -0.710. The highest BCUT2D eigenvalue weighted by molar-refractivity contribution is 9.10. The van der Waals surface area contributed by atoms with Gasteiger partial charge in [0.1, 0.15) is 23.9 Å². The fourth-order valence-corrected chi connectivity index (χ4v) is 5.98. The molecule has 3 nitrogen and oxygen atoms in total. The summed E-state index contributed by atoms with van der Waals surface area (Å²) >= 11 is 3.54. The van der Waals surface area contributed by atoms with Gasteiger partial charge in [-0.2, -0.15) is 0 Å². The van der Waals surface area contributed by atoms with Crippen LogP contribution in [-0.2, 0) is 4.79 Å². The van der Waals surface area contributed by atoms with E-state index >= 15 is 0 Å². The van der Waals surface area contributed by atoms with E-state index < -0.39 is 0 Å². The van der Waals surface area contributed by atoms with Crippen molar-refractivity contribution >= 4 is 21.7 Å². The number of quaternary nitrogens is 2. The Labute approximate surface area is 147 Å². The predicted octanol–water partition coefficient (Wildman–Crippen LogP) is 1.01. The van der Waals surface area contributed by atoms with Gasteiger partial charge in [0.25, 0.3) is 0 Å². The number of piperidine rings is 2. The van der Waals surface area contributed by atoms with E-state index in [9.17, 15) is 4.79 Å². The number of hydrogen-bond donors (Lipinski definition) is 2. The maximum atomic E-state index is 13.2. The number of nitrogens with one attached hydrogen (secondary N) is 2. The maximum Gasteiger partial charge on any atom is 0.240 e. The molecule has 4 bridgehead atoms. The summed E-state index contributed by atoms with van der Waals surface area (Å²) < 4.78 is 1.14. The van der Waals surface area contributed by atoms with E-state index in [4.69, 9.17) is 0 Å². The van der Waals surface area contributed by atoms with Gasteiger partial charge in [-0.1, -0.05) is 35.7 Å². The Morgan fingerprint density at radius 3 is 2.30 bits per heavy atom. The summed E-state index contributed by atoms with van der Waals surface area (Å²) in [4.78, 5) is 16.5. The van der Waals surface area contributed by atoms with E-state index in [0.29, 0.717) is 11.9 Å². The van der Waals surface area contributed by atoms with E-state index in [1.54, 1.807) is 9.80 Å². The van der Waals surface area contributed by atoms with Crippen molar-refractivity contribution in [1.29, 1.82) is 0 Å². The summed E-state index contributed by atoms with van der Waals surface area (Å²) in [5.74, 6) is 0.584. The number of ketones is 1. The molecule has 0 aromatic heterocycles. The average molecular weight is 379 g/mol. The molecule has 2 atom stereocenters. The highest BCUT2D eigenvalue weighted by Crippen LogP contribution is 2.39. The first-order valence-corrected chi connectivity index (χ1v) is 9.76. The summed E-state index contributed by atoms with van der Waals surface area (Å²) in [5.41, 5.74) is 1.29. The van der Waals surface area contributed by atoms with Crippen LogP contribution in [0.15, 0.2) is 28.7 Å². The van der Waals surface area contributed by atoms with Gasteiger partial charge < -0.3 is 0 Å². The summed E-state index contributed by atoms with van der Waals surface area (Å²) in [6, 6.07) is 8.84. The lowest BCUT2D eigenvalue weighted by Crippen LogP contribution is -3.41. The van der Waals surface area contributed by atoms with Crippen LogP contribution in [0.2, 0.25) is 0 Å². The zero-order valence-electron chi connectivity index (χ0n) is 14.1. The van der Waals surface area contributed by atoms with Gasteiger partial charge in [-0.15, -0.1) is 0 Å². The minimum Gasteiger partial charge on any atom is -0.297 e. The quantitative estimate of drug-likeness (QED) is 0.803. The Morgan fingerprint density at radius 1 is 1.13 bits per heavy atom. The Kier molecular flexibility index (Phi) is 3.71. The molecule has 0 saturated carbocycles. The molecule has 1 aromatic carbocycles. The van der Waals surface area contributed by atoms with Crippen LogP contribution in [0.3, 0.4) is 0 Å². The highest BCUT2D eigenvalue weighted by Gasteiger charge is 2.69. The zero-order valence-corrected chi connectivity index (χ0v) is 15.7. The number of hydrogen-bond acceptors (Lipinski definition) is 1. The van der Waals surface area contributed by atoms with Crippen LogP contribution in [0.4, 0.5) is 0 Å². The molecule has 2 N–H and O–H groups in total. The molecule has 2 unspecified atom stereocenters. The fourth-order valence-electron chi connectivity index (χ4n) is 5.71. The molecule has 0 spiro atoms. The number of halogens is 1. The summed E-state index contributed by atoms with van der Waals surface area (Å²) in [7, 11) is 0. The van der Waals surface area contributed by atoms with E-state index in [0.717, 1.165) is 37.1 Å². The minimum atomic E-state index is -0.0965. The van der Waals surface area contributed by atoms with Crippen LogP contribution in [0.25, 0.3) is 0 Å². The SMILES string of the molecule is CCCCC12C[NH+]3CC(C)(C[NH+](C1)C3c1ccc(Br)cc1)C2=O. The van der Waals surface area contributed by atoms with Crippen molar-refractivity contribution in [3.05, 3.63) is 34.3 Å². The molecule has 23 heavy (non-hydrogen) atoms.